The van der Waals surface area contributed by atoms with Gasteiger partial charge in [0.25, 0.3) is 0 Å². The van der Waals surface area contributed by atoms with E-state index in [1.54, 1.807) is 6.26 Å². The third kappa shape index (κ3) is 1.20. The summed E-state index contributed by atoms with van der Waals surface area (Å²) in [6, 6.07) is 2.16. The largest absolute Gasteiger partial charge is 0.495 e. The van der Waals surface area contributed by atoms with Crippen LogP contribution in [0.4, 0.5) is 0 Å². The first-order valence-corrected chi connectivity index (χ1v) is 5.87. The number of ether oxygens (including phenoxy) is 2. The highest BCUT2D eigenvalue weighted by Crippen LogP contribution is 2.54. The summed E-state index contributed by atoms with van der Waals surface area (Å²) in [6.45, 7) is 4.48. The van der Waals surface area contributed by atoms with Gasteiger partial charge in [-0.15, -0.1) is 0 Å². The average molecular weight is 230 g/mol. The van der Waals surface area contributed by atoms with Gasteiger partial charge < -0.3 is 9.47 Å². The zero-order valence-corrected chi connectivity index (χ0v) is 9.88. The third-order valence-corrected chi connectivity index (χ3v) is 3.86. The van der Waals surface area contributed by atoms with Crippen molar-refractivity contribution in [3.05, 3.63) is 24.0 Å². The second-order valence-corrected chi connectivity index (χ2v) is 4.76. The molecule has 4 atom stereocenters. The summed E-state index contributed by atoms with van der Waals surface area (Å²) in [5.74, 6) is 1.07. The molecule has 0 aromatic carbocycles. The number of fused-ring (bicyclic) bond motifs is 4. The molecule has 0 spiro atoms. The van der Waals surface area contributed by atoms with Crippen LogP contribution in [0.3, 0.4) is 0 Å². The van der Waals surface area contributed by atoms with Crippen LogP contribution in [0.5, 0.6) is 0 Å². The highest BCUT2D eigenvalue weighted by Gasteiger charge is 2.62. The van der Waals surface area contributed by atoms with Gasteiger partial charge in [-0.2, -0.15) is 5.26 Å². The standard InChI is InChI=1S/C13H14N2O2/c1-3-16-12-8(7-14)6-10-9-4-5-17-11(9)13(10,2)15-12/h4-6,9-11H,3H2,1-2H3/t9-,10+,11-,13+/m1/s1. The Morgan fingerprint density at radius 1 is 1.65 bits per heavy atom. The maximum Gasteiger partial charge on any atom is 0.227 e. The van der Waals surface area contributed by atoms with Crippen molar-refractivity contribution in [2.45, 2.75) is 25.5 Å². The van der Waals surface area contributed by atoms with E-state index in [0.717, 1.165) is 0 Å². The Bertz CT molecular complexity index is 486. The molecule has 0 unspecified atom stereocenters. The molecule has 1 fully saturated rings. The molecule has 0 saturated heterocycles. The Morgan fingerprint density at radius 3 is 3.18 bits per heavy atom. The molecule has 4 nitrogen and oxygen atoms in total. The predicted octanol–water partition coefficient (Wildman–Crippen LogP) is 1.80. The molecule has 0 bridgehead atoms. The van der Waals surface area contributed by atoms with Crippen molar-refractivity contribution in [1.29, 1.82) is 5.26 Å². The molecule has 2 aliphatic heterocycles. The van der Waals surface area contributed by atoms with E-state index < -0.39 is 0 Å². The molecule has 88 valence electrons. The molecule has 1 aliphatic carbocycles. The van der Waals surface area contributed by atoms with Crippen molar-refractivity contribution in [1.82, 2.24) is 0 Å². The molecular weight excluding hydrogens is 216 g/mol. The van der Waals surface area contributed by atoms with Crippen LogP contribution in [0, 0.1) is 23.2 Å². The second-order valence-electron chi connectivity index (χ2n) is 4.76. The first-order chi connectivity index (χ1) is 8.20. The minimum atomic E-state index is -0.279. The molecule has 1 saturated carbocycles. The zero-order valence-electron chi connectivity index (χ0n) is 9.88. The molecule has 0 amide bonds. The van der Waals surface area contributed by atoms with Crippen molar-refractivity contribution in [2.75, 3.05) is 6.61 Å². The van der Waals surface area contributed by atoms with Gasteiger partial charge in [0.05, 0.1) is 12.9 Å². The predicted molar refractivity (Wildman–Crippen MR) is 62.2 cm³/mol. The van der Waals surface area contributed by atoms with E-state index in [2.05, 4.69) is 24.1 Å². The maximum atomic E-state index is 9.11. The first kappa shape index (κ1) is 10.4. The van der Waals surface area contributed by atoms with Crippen LogP contribution in [0.25, 0.3) is 0 Å². The highest BCUT2D eigenvalue weighted by atomic mass is 16.5. The van der Waals surface area contributed by atoms with E-state index in [1.807, 2.05) is 13.0 Å². The number of rotatable bonds is 1. The van der Waals surface area contributed by atoms with E-state index in [9.17, 15) is 0 Å². The number of hydrogen-bond acceptors (Lipinski definition) is 4. The minimum absolute atomic E-state index is 0.0967. The van der Waals surface area contributed by atoms with Gasteiger partial charge in [0.2, 0.25) is 5.90 Å². The van der Waals surface area contributed by atoms with Crippen LogP contribution in [0.1, 0.15) is 13.8 Å². The van der Waals surface area contributed by atoms with E-state index >= 15 is 0 Å². The monoisotopic (exact) mass is 230 g/mol. The summed E-state index contributed by atoms with van der Waals surface area (Å²) < 4.78 is 11.0. The molecule has 17 heavy (non-hydrogen) atoms. The number of hydrogen-bond donors (Lipinski definition) is 0. The number of nitrogens with zero attached hydrogens (tertiary/aromatic N) is 2. The maximum absolute atomic E-state index is 9.11. The molecular formula is C13H14N2O2. The quantitative estimate of drug-likeness (QED) is 0.690. The summed E-state index contributed by atoms with van der Waals surface area (Å²) >= 11 is 0. The van der Waals surface area contributed by atoms with E-state index in [4.69, 9.17) is 14.7 Å². The van der Waals surface area contributed by atoms with Gasteiger partial charge in [0.15, 0.2) is 0 Å². The molecule has 0 radical (unpaired) electrons. The minimum Gasteiger partial charge on any atom is -0.495 e. The van der Waals surface area contributed by atoms with Crippen molar-refractivity contribution in [2.24, 2.45) is 16.8 Å². The summed E-state index contributed by atoms with van der Waals surface area (Å²) in [7, 11) is 0. The molecule has 3 aliphatic rings. The topological polar surface area (TPSA) is 54.6 Å². The number of dihydropyridines is 1. The van der Waals surface area contributed by atoms with Crippen molar-refractivity contribution < 1.29 is 9.47 Å². The summed E-state index contributed by atoms with van der Waals surface area (Å²) in [6.07, 6.45) is 5.89. The van der Waals surface area contributed by atoms with Crippen molar-refractivity contribution >= 4 is 5.90 Å². The third-order valence-electron chi connectivity index (χ3n) is 3.86. The van der Waals surface area contributed by atoms with E-state index in [-0.39, 0.29) is 17.6 Å². The average Bonchev–Trinajstić information content (AvgIpc) is 2.75. The van der Waals surface area contributed by atoms with Gasteiger partial charge in [-0.25, -0.2) is 4.99 Å². The lowest BCUT2D eigenvalue weighted by Crippen LogP contribution is -2.63. The normalized spacial score (nSPS) is 41.1. The van der Waals surface area contributed by atoms with E-state index in [0.29, 0.717) is 24.0 Å². The lowest BCUT2D eigenvalue weighted by molar-refractivity contribution is -0.0567. The molecule has 0 aromatic heterocycles. The fraction of sp³-hybridized carbons (Fsp3) is 0.538. The number of aliphatic imine (C=N–C) groups is 1. The lowest BCUT2D eigenvalue weighted by Gasteiger charge is -2.53. The Kier molecular flexibility index (Phi) is 2.06. The molecule has 4 heteroatoms. The Hall–Kier alpha value is -1.76. The van der Waals surface area contributed by atoms with Gasteiger partial charge in [0.1, 0.15) is 23.3 Å². The van der Waals surface area contributed by atoms with Gasteiger partial charge >= 0.3 is 0 Å². The van der Waals surface area contributed by atoms with Crippen LogP contribution in [-0.2, 0) is 9.47 Å². The summed E-state index contributed by atoms with van der Waals surface area (Å²) in [4.78, 5) is 4.61. The van der Waals surface area contributed by atoms with Gasteiger partial charge in [0, 0.05) is 11.8 Å². The fourth-order valence-electron chi connectivity index (χ4n) is 2.99. The van der Waals surface area contributed by atoms with Crippen LogP contribution in [-0.4, -0.2) is 24.1 Å². The lowest BCUT2D eigenvalue weighted by atomic mass is 9.57. The molecule has 0 aromatic rings. The highest BCUT2D eigenvalue weighted by molar-refractivity contribution is 5.98. The van der Waals surface area contributed by atoms with Crippen molar-refractivity contribution in [3.63, 3.8) is 0 Å². The van der Waals surface area contributed by atoms with Gasteiger partial charge in [-0.05, 0) is 19.9 Å². The Balaban J connectivity index is 1.97. The fourth-order valence-corrected chi connectivity index (χ4v) is 2.99. The second kappa shape index (κ2) is 3.36. The summed E-state index contributed by atoms with van der Waals surface area (Å²) in [5, 5.41) is 9.11. The van der Waals surface area contributed by atoms with Crippen LogP contribution < -0.4 is 0 Å². The zero-order chi connectivity index (χ0) is 12.0. The SMILES string of the molecule is CCOC1=N[C@]2(C)[C@@H]3OC=C[C@@H]3[C@@H]2C=C1C#N. The van der Waals surface area contributed by atoms with Gasteiger partial charge in [-0.3, -0.25) is 0 Å². The Morgan fingerprint density at radius 2 is 2.47 bits per heavy atom. The Labute approximate surface area is 100 Å². The smallest absolute Gasteiger partial charge is 0.227 e. The van der Waals surface area contributed by atoms with Crippen LogP contribution in [0.2, 0.25) is 0 Å². The van der Waals surface area contributed by atoms with Crippen LogP contribution in [0.15, 0.2) is 29.0 Å². The van der Waals surface area contributed by atoms with Crippen molar-refractivity contribution in [3.8, 4) is 6.07 Å². The first-order valence-electron chi connectivity index (χ1n) is 5.87. The van der Waals surface area contributed by atoms with E-state index in [1.165, 1.54) is 0 Å². The molecule has 3 rings (SSSR count). The molecule has 2 heterocycles. The number of nitriles is 1. The van der Waals surface area contributed by atoms with Crippen LogP contribution >= 0.6 is 0 Å². The summed E-state index contributed by atoms with van der Waals surface area (Å²) in [5.41, 5.74) is 0.270. The molecule has 0 N–H and O–H groups in total. The van der Waals surface area contributed by atoms with Gasteiger partial charge in [-0.1, -0.05) is 6.08 Å².